The minimum absolute atomic E-state index is 0.645. The average Bonchev–Trinajstić information content (AvgIpc) is 3.12. The first-order valence-corrected chi connectivity index (χ1v) is 6.56. The van der Waals surface area contributed by atoms with Gasteiger partial charge in [0.2, 0.25) is 0 Å². The van der Waals surface area contributed by atoms with Crippen LogP contribution in [0.25, 0.3) is 0 Å². The van der Waals surface area contributed by atoms with Crippen molar-refractivity contribution in [2.75, 3.05) is 20.3 Å². The lowest BCUT2D eigenvalue weighted by atomic mass is 10.00. The second-order valence-corrected chi connectivity index (χ2v) is 5.92. The third kappa shape index (κ3) is 2.21. The van der Waals surface area contributed by atoms with Crippen molar-refractivity contribution in [2.45, 2.75) is 44.6 Å². The zero-order valence-electron chi connectivity index (χ0n) is 9.80. The summed E-state index contributed by atoms with van der Waals surface area (Å²) in [6, 6.07) is 0.645. The topological polar surface area (TPSA) is 21.3 Å². The van der Waals surface area contributed by atoms with Gasteiger partial charge in [-0.05, 0) is 55.8 Å². The van der Waals surface area contributed by atoms with E-state index in [-0.39, 0.29) is 0 Å². The Morgan fingerprint density at radius 2 is 2.00 bits per heavy atom. The smallest absolute Gasteiger partial charge is 0.0618 e. The number of ether oxygens (including phenoxy) is 1. The molecule has 3 fully saturated rings. The van der Waals surface area contributed by atoms with E-state index in [0.717, 1.165) is 23.9 Å². The Morgan fingerprint density at radius 3 is 2.47 bits per heavy atom. The number of nitrogens with one attached hydrogen (secondary N) is 1. The zero-order valence-corrected chi connectivity index (χ0v) is 9.80. The molecule has 1 N–H and O–H groups in total. The molecule has 1 atom stereocenters. The van der Waals surface area contributed by atoms with Crippen LogP contribution in [0.15, 0.2) is 0 Å². The van der Waals surface area contributed by atoms with Gasteiger partial charge in [0, 0.05) is 19.7 Å². The van der Waals surface area contributed by atoms with Gasteiger partial charge in [-0.1, -0.05) is 0 Å². The summed E-state index contributed by atoms with van der Waals surface area (Å²) in [5.74, 6) is 1.99. The zero-order chi connectivity index (χ0) is 10.3. The first-order valence-electron chi connectivity index (χ1n) is 6.56. The fraction of sp³-hybridized carbons (Fsp3) is 1.00. The van der Waals surface area contributed by atoms with Crippen molar-refractivity contribution in [2.24, 2.45) is 17.3 Å². The molecule has 0 aliphatic heterocycles. The fourth-order valence-electron chi connectivity index (χ4n) is 2.96. The summed E-state index contributed by atoms with van der Waals surface area (Å²) in [5, 5.41) is 3.78. The lowest BCUT2D eigenvalue weighted by molar-refractivity contribution is 0.153. The lowest BCUT2D eigenvalue weighted by Crippen LogP contribution is -2.39. The first kappa shape index (κ1) is 10.1. The molecule has 0 aromatic rings. The molecule has 3 aliphatic carbocycles. The summed E-state index contributed by atoms with van der Waals surface area (Å²) in [5.41, 5.74) is 0.737. The standard InChI is InChI=1S/C13H23NO/c1-15-8-12(10-2-3-10)14-9-13(6-7-13)11-4-5-11/h10-12,14H,2-9H2,1H3. The number of hydrogen-bond acceptors (Lipinski definition) is 2. The predicted octanol–water partition coefficient (Wildman–Crippen LogP) is 2.19. The largest absolute Gasteiger partial charge is 0.383 e. The molecule has 0 heterocycles. The van der Waals surface area contributed by atoms with Crippen LogP contribution in [0.1, 0.15) is 38.5 Å². The highest BCUT2D eigenvalue weighted by Crippen LogP contribution is 2.60. The molecule has 0 spiro atoms. The molecule has 0 radical (unpaired) electrons. The van der Waals surface area contributed by atoms with Crippen molar-refractivity contribution in [3.8, 4) is 0 Å². The minimum Gasteiger partial charge on any atom is -0.383 e. The molecule has 1 unspecified atom stereocenters. The third-order valence-corrected chi connectivity index (χ3v) is 4.59. The van der Waals surface area contributed by atoms with Gasteiger partial charge in [0.1, 0.15) is 0 Å². The SMILES string of the molecule is COCC(NCC1(C2CC2)CC1)C1CC1. The average molecular weight is 209 g/mol. The van der Waals surface area contributed by atoms with E-state index in [4.69, 9.17) is 4.74 Å². The van der Waals surface area contributed by atoms with Crippen LogP contribution in [0, 0.1) is 17.3 Å². The maximum atomic E-state index is 5.30. The number of hydrogen-bond donors (Lipinski definition) is 1. The molecule has 0 aromatic carbocycles. The molecule has 3 saturated carbocycles. The van der Waals surface area contributed by atoms with E-state index in [2.05, 4.69) is 5.32 Å². The minimum atomic E-state index is 0.645. The highest BCUT2D eigenvalue weighted by molar-refractivity contribution is 5.05. The van der Waals surface area contributed by atoms with Crippen LogP contribution in [-0.2, 0) is 4.74 Å². The van der Waals surface area contributed by atoms with E-state index >= 15 is 0 Å². The summed E-state index contributed by atoms with van der Waals surface area (Å²) in [4.78, 5) is 0. The molecule has 0 aromatic heterocycles. The molecule has 3 rings (SSSR count). The highest BCUT2D eigenvalue weighted by Gasteiger charge is 2.53. The van der Waals surface area contributed by atoms with Crippen molar-refractivity contribution >= 4 is 0 Å². The molecule has 2 heteroatoms. The Bertz CT molecular complexity index is 229. The third-order valence-electron chi connectivity index (χ3n) is 4.59. The van der Waals surface area contributed by atoms with Gasteiger partial charge >= 0.3 is 0 Å². The van der Waals surface area contributed by atoms with Crippen molar-refractivity contribution in [1.82, 2.24) is 5.32 Å². The van der Waals surface area contributed by atoms with Crippen LogP contribution >= 0.6 is 0 Å². The van der Waals surface area contributed by atoms with Gasteiger partial charge in [-0.3, -0.25) is 0 Å². The summed E-state index contributed by atoms with van der Waals surface area (Å²) in [7, 11) is 1.82. The molecule has 2 nitrogen and oxygen atoms in total. The normalized spacial score (nSPS) is 30.2. The molecule has 86 valence electrons. The van der Waals surface area contributed by atoms with E-state index < -0.39 is 0 Å². The van der Waals surface area contributed by atoms with Crippen molar-refractivity contribution in [3.63, 3.8) is 0 Å². The monoisotopic (exact) mass is 209 g/mol. The van der Waals surface area contributed by atoms with Crippen molar-refractivity contribution < 1.29 is 4.74 Å². The summed E-state index contributed by atoms with van der Waals surface area (Å²) in [6.45, 7) is 2.17. The predicted molar refractivity (Wildman–Crippen MR) is 60.8 cm³/mol. The van der Waals surface area contributed by atoms with E-state index in [1.807, 2.05) is 7.11 Å². The van der Waals surface area contributed by atoms with Gasteiger partial charge in [0.15, 0.2) is 0 Å². The molecular formula is C13H23NO. The van der Waals surface area contributed by atoms with E-state index in [1.54, 1.807) is 0 Å². The summed E-state index contributed by atoms with van der Waals surface area (Å²) in [6.07, 6.45) is 8.79. The number of rotatable bonds is 7. The maximum absolute atomic E-state index is 5.30. The summed E-state index contributed by atoms with van der Waals surface area (Å²) >= 11 is 0. The lowest BCUT2D eigenvalue weighted by Gasteiger charge is -2.22. The Labute approximate surface area is 92.8 Å². The van der Waals surface area contributed by atoms with E-state index in [1.165, 1.54) is 45.1 Å². The molecule has 15 heavy (non-hydrogen) atoms. The highest BCUT2D eigenvalue weighted by atomic mass is 16.5. The van der Waals surface area contributed by atoms with Gasteiger partial charge in [-0.2, -0.15) is 0 Å². The molecule has 0 saturated heterocycles. The summed E-state index contributed by atoms with van der Waals surface area (Å²) < 4.78 is 5.30. The van der Waals surface area contributed by atoms with Gasteiger partial charge in [0.25, 0.3) is 0 Å². The molecule has 0 amide bonds. The Hall–Kier alpha value is -0.0800. The van der Waals surface area contributed by atoms with Crippen LogP contribution in [0.4, 0.5) is 0 Å². The van der Waals surface area contributed by atoms with Gasteiger partial charge < -0.3 is 10.1 Å². The van der Waals surface area contributed by atoms with Crippen LogP contribution in [0.3, 0.4) is 0 Å². The fourth-order valence-corrected chi connectivity index (χ4v) is 2.96. The van der Waals surface area contributed by atoms with Crippen LogP contribution in [-0.4, -0.2) is 26.3 Å². The molecule has 3 aliphatic rings. The quantitative estimate of drug-likeness (QED) is 0.694. The second-order valence-electron chi connectivity index (χ2n) is 5.92. The second kappa shape index (κ2) is 3.74. The van der Waals surface area contributed by atoms with Crippen molar-refractivity contribution in [1.29, 1.82) is 0 Å². The Kier molecular flexibility index (Phi) is 2.52. The van der Waals surface area contributed by atoms with Gasteiger partial charge in [0.05, 0.1) is 6.61 Å². The van der Waals surface area contributed by atoms with Crippen LogP contribution in [0.2, 0.25) is 0 Å². The van der Waals surface area contributed by atoms with Gasteiger partial charge in [-0.15, -0.1) is 0 Å². The van der Waals surface area contributed by atoms with E-state index in [9.17, 15) is 0 Å². The molecular weight excluding hydrogens is 186 g/mol. The number of methoxy groups -OCH3 is 1. The first-order chi connectivity index (χ1) is 7.34. The van der Waals surface area contributed by atoms with Crippen LogP contribution in [0.5, 0.6) is 0 Å². The van der Waals surface area contributed by atoms with Gasteiger partial charge in [-0.25, -0.2) is 0 Å². The maximum Gasteiger partial charge on any atom is 0.0618 e. The molecule has 0 bridgehead atoms. The van der Waals surface area contributed by atoms with Crippen LogP contribution < -0.4 is 5.32 Å². The Morgan fingerprint density at radius 1 is 1.27 bits per heavy atom. The van der Waals surface area contributed by atoms with Crippen molar-refractivity contribution in [3.05, 3.63) is 0 Å². The Balaban J connectivity index is 1.46. The van der Waals surface area contributed by atoms with E-state index in [0.29, 0.717) is 6.04 Å².